The molecule has 0 aromatic rings. The van der Waals surface area contributed by atoms with Gasteiger partial charge < -0.3 is 15.7 Å². The molecule has 3 N–H and O–H groups in total. The summed E-state index contributed by atoms with van der Waals surface area (Å²) in [6, 6.07) is 0.726. The summed E-state index contributed by atoms with van der Waals surface area (Å²) in [5.41, 5.74) is 5.91. The lowest BCUT2D eigenvalue weighted by molar-refractivity contribution is 0.0315. The molecule has 1 saturated heterocycles. The summed E-state index contributed by atoms with van der Waals surface area (Å²) >= 11 is 0. The molecular weight excluding hydrogens is 212 g/mol. The minimum Gasteiger partial charge on any atom is -0.393 e. The summed E-state index contributed by atoms with van der Waals surface area (Å²) in [4.78, 5) is 2.65. The van der Waals surface area contributed by atoms with Gasteiger partial charge in [-0.2, -0.15) is 0 Å². The fourth-order valence-corrected chi connectivity index (χ4v) is 3.68. The van der Waals surface area contributed by atoms with Crippen molar-refractivity contribution in [3.05, 3.63) is 0 Å². The second-order valence-corrected chi connectivity index (χ2v) is 5.96. The monoisotopic (exact) mass is 240 g/mol. The standard InChI is InChI=1S/C14H28N2O/c1-11(17)12-6-8-16(9-7-12)14-5-3-2-4-13(14)10-15/h11-14,17H,2-10,15H2,1H3. The van der Waals surface area contributed by atoms with Gasteiger partial charge in [-0.1, -0.05) is 12.8 Å². The molecule has 0 radical (unpaired) electrons. The zero-order chi connectivity index (χ0) is 12.3. The van der Waals surface area contributed by atoms with Crippen LogP contribution in [0.3, 0.4) is 0 Å². The molecule has 2 fully saturated rings. The molecule has 3 unspecified atom stereocenters. The fourth-order valence-electron chi connectivity index (χ4n) is 3.68. The number of hydrogen-bond acceptors (Lipinski definition) is 3. The summed E-state index contributed by atoms with van der Waals surface area (Å²) in [5.74, 6) is 1.23. The molecule has 0 aromatic carbocycles. The molecule has 0 spiro atoms. The highest BCUT2D eigenvalue weighted by atomic mass is 16.3. The van der Waals surface area contributed by atoms with Crippen molar-refractivity contribution in [3.63, 3.8) is 0 Å². The van der Waals surface area contributed by atoms with Crippen LogP contribution in [0.15, 0.2) is 0 Å². The first-order valence-electron chi connectivity index (χ1n) is 7.34. The van der Waals surface area contributed by atoms with Crippen LogP contribution in [0.1, 0.15) is 45.4 Å². The van der Waals surface area contributed by atoms with Crippen molar-refractivity contribution in [2.75, 3.05) is 19.6 Å². The second-order valence-electron chi connectivity index (χ2n) is 5.96. The Kier molecular flexibility index (Phi) is 4.83. The Bertz CT molecular complexity index is 224. The van der Waals surface area contributed by atoms with Crippen molar-refractivity contribution in [3.8, 4) is 0 Å². The van der Waals surface area contributed by atoms with Crippen LogP contribution in [0.2, 0.25) is 0 Å². The predicted molar refractivity (Wildman–Crippen MR) is 70.8 cm³/mol. The van der Waals surface area contributed by atoms with E-state index in [1.165, 1.54) is 25.7 Å². The Morgan fingerprint density at radius 3 is 2.41 bits per heavy atom. The van der Waals surface area contributed by atoms with Crippen LogP contribution in [0, 0.1) is 11.8 Å². The Morgan fingerprint density at radius 1 is 1.18 bits per heavy atom. The van der Waals surface area contributed by atoms with E-state index in [1.807, 2.05) is 6.92 Å². The van der Waals surface area contributed by atoms with E-state index in [9.17, 15) is 5.11 Å². The number of rotatable bonds is 3. The maximum atomic E-state index is 9.63. The molecule has 17 heavy (non-hydrogen) atoms. The molecule has 0 bridgehead atoms. The van der Waals surface area contributed by atoms with Crippen molar-refractivity contribution in [2.24, 2.45) is 17.6 Å². The average Bonchev–Trinajstić information content (AvgIpc) is 2.39. The summed E-state index contributed by atoms with van der Waals surface area (Å²) in [7, 11) is 0. The first-order valence-corrected chi connectivity index (χ1v) is 7.34. The summed E-state index contributed by atoms with van der Waals surface area (Å²) in [6.07, 6.45) is 7.57. The van der Waals surface area contributed by atoms with Crippen molar-refractivity contribution in [2.45, 2.75) is 57.6 Å². The quantitative estimate of drug-likeness (QED) is 0.788. The van der Waals surface area contributed by atoms with Gasteiger partial charge in [0, 0.05) is 6.04 Å². The van der Waals surface area contributed by atoms with E-state index < -0.39 is 0 Å². The van der Waals surface area contributed by atoms with E-state index in [-0.39, 0.29) is 6.10 Å². The predicted octanol–water partition coefficient (Wildman–Crippen LogP) is 1.60. The van der Waals surface area contributed by atoms with E-state index in [0.29, 0.717) is 11.8 Å². The van der Waals surface area contributed by atoms with Gasteiger partial charge in [-0.15, -0.1) is 0 Å². The summed E-state index contributed by atoms with van der Waals surface area (Å²) < 4.78 is 0. The number of nitrogens with two attached hydrogens (primary N) is 1. The molecular formula is C14H28N2O. The lowest BCUT2D eigenvalue weighted by Crippen LogP contribution is -2.49. The Labute approximate surface area is 105 Å². The van der Waals surface area contributed by atoms with Crippen molar-refractivity contribution in [1.82, 2.24) is 4.90 Å². The molecule has 1 aliphatic heterocycles. The molecule has 100 valence electrons. The number of hydrogen-bond donors (Lipinski definition) is 2. The van der Waals surface area contributed by atoms with Crippen LogP contribution in [-0.4, -0.2) is 41.8 Å². The Morgan fingerprint density at radius 2 is 1.82 bits per heavy atom. The lowest BCUT2D eigenvalue weighted by atomic mass is 9.81. The second kappa shape index (κ2) is 6.17. The maximum Gasteiger partial charge on any atom is 0.0541 e. The summed E-state index contributed by atoms with van der Waals surface area (Å²) in [6.45, 7) is 5.11. The van der Waals surface area contributed by atoms with Gasteiger partial charge in [0.15, 0.2) is 0 Å². The lowest BCUT2D eigenvalue weighted by Gasteiger charge is -2.43. The SMILES string of the molecule is CC(O)C1CCN(C2CCCCC2CN)CC1. The molecule has 2 rings (SSSR count). The average molecular weight is 240 g/mol. The first kappa shape index (κ1) is 13.3. The van der Waals surface area contributed by atoms with Gasteiger partial charge in [0.05, 0.1) is 6.10 Å². The highest BCUT2D eigenvalue weighted by Crippen LogP contribution is 2.31. The van der Waals surface area contributed by atoms with Gasteiger partial charge in [-0.05, 0) is 64.1 Å². The molecule has 1 heterocycles. The number of aliphatic hydroxyl groups excluding tert-OH is 1. The topological polar surface area (TPSA) is 49.5 Å². The zero-order valence-corrected chi connectivity index (χ0v) is 11.1. The molecule has 0 aromatic heterocycles. The highest BCUT2D eigenvalue weighted by Gasteiger charge is 2.32. The largest absolute Gasteiger partial charge is 0.393 e. The van der Waals surface area contributed by atoms with Gasteiger partial charge in [-0.3, -0.25) is 0 Å². The minimum absolute atomic E-state index is 0.131. The Hall–Kier alpha value is -0.120. The number of likely N-dealkylation sites (tertiary alicyclic amines) is 1. The van der Waals surface area contributed by atoms with E-state index in [4.69, 9.17) is 5.73 Å². The highest BCUT2D eigenvalue weighted by molar-refractivity contribution is 4.87. The molecule has 3 nitrogen and oxygen atoms in total. The van der Waals surface area contributed by atoms with Crippen molar-refractivity contribution in [1.29, 1.82) is 0 Å². The number of piperidine rings is 1. The van der Waals surface area contributed by atoms with Crippen LogP contribution >= 0.6 is 0 Å². The van der Waals surface area contributed by atoms with Crippen molar-refractivity contribution >= 4 is 0 Å². The van der Waals surface area contributed by atoms with E-state index in [0.717, 1.165) is 38.5 Å². The van der Waals surface area contributed by atoms with Crippen LogP contribution in [0.4, 0.5) is 0 Å². The zero-order valence-electron chi connectivity index (χ0n) is 11.1. The van der Waals surface area contributed by atoms with E-state index >= 15 is 0 Å². The third-order valence-electron chi connectivity index (χ3n) is 4.90. The molecule has 1 aliphatic carbocycles. The van der Waals surface area contributed by atoms with Crippen LogP contribution in [-0.2, 0) is 0 Å². The van der Waals surface area contributed by atoms with Crippen LogP contribution < -0.4 is 5.73 Å². The molecule has 2 aliphatic rings. The van der Waals surface area contributed by atoms with Gasteiger partial charge in [0.2, 0.25) is 0 Å². The third-order valence-corrected chi connectivity index (χ3v) is 4.90. The van der Waals surface area contributed by atoms with Crippen LogP contribution in [0.5, 0.6) is 0 Å². The molecule has 3 atom stereocenters. The normalized spacial score (nSPS) is 34.8. The van der Waals surface area contributed by atoms with Gasteiger partial charge in [0.25, 0.3) is 0 Å². The smallest absolute Gasteiger partial charge is 0.0541 e. The van der Waals surface area contributed by atoms with Crippen molar-refractivity contribution < 1.29 is 5.11 Å². The fraction of sp³-hybridized carbons (Fsp3) is 1.00. The van der Waals surface area contributed by atoms with Crippen LogP contribution in [0.25, 0.3) is 0 Å². The number of aliphatic hydroxyl groups is 1. The first-order chi connectivity index (χ1) is 8.22. The minimum atomic E-state index is -0.131. The summed E-state index contributed by atoms with van der Waals surface area (Å²) in [5, 5.41) is 9.63. The van der Waals surface area contributed by atoms with Gasteiger partial charge in [0.1, 0.15) is 0 Å². The molecule has 0 amide bonds. The third kappa shape index (κ3) is 3.21. The molecule has 1 saturated carbocycles. The van der Waals surface area contributed by atoms with Gasteiger partial charge in [-0.25, -0.2) is 0 Å². The van der Waals surface area contributed by atoms with E-state index in [1.54, 1.807) is 0 Å². The Balaban J connectivity index is 1.86. The maximum absolute atomic E-state index is 9.63. The molecule has 3 heteroatoms. The van der Waals surface area contributed by atoms with Gasteiger partial charge >= 0.3 is 0 Å². The van der Waals surface area contributed by atoms with E-state index in [2.05, 4.69) is 4.90 Å². The number of nitrogens with zero attached hydrogens (tertiary/aromatic N) is 1.